The summed E-state index contributed by atoms with van der Waals surface area (Å²) in [7, 11) is 0. The molecule has 1 N–H and O–H groups in total. The molecule has 0 aliphatic carbocycles. The zero-order valence-corrected chi connectivity index (χ0v) is 11.4. The first-order valence-corrected chi connectivity index (χ1v) is 7.19. The molecule has 2 atom stereocenters. The number of hydrogen-bond donors (Lipinski definition) is 1. The number of ether oxygens (including phenoxy) is 1. The van der Waals surface area contributed by atoms with Gasteiger partial charge >= 0.3 is 0 Å². The summed E-state index contributed by atoms with van der Waals surface area (Å²) < 4.78 is 11.6. The minimum atomic E-state index is 0.159. The predicted molar refractivity (Wildman–Crippen MR) is 76.2 cm³/mol. The topological polar surface area (TPSA) is 34.4 Å². The van der Waals surface area contributed by atoms with Crippen molar-refractivity contribution in [2.45, 2.75) is 38.3 Å². The normalized spacial score (nSPS) is 23.8. The molecule has 102 valence electrons. The minimum absolute atomic E-state index is 0.159. The van der Waals surface area contributed by atoms with Crippen LogP contribution in [0.5, 0.6) is 0 Å². The lowest BCUT2D eigenvalue weighted by Crippen LogP contribution is -2.36. The summed E-state index contributed by atoms with van der Waals surface area (Å²) in [5.41, 5.74) is 2.14. The molecule has 1 aliphatic rings. The highest BCUT2D eigenvalue weighted by molar-refractivity contribution is 5.81. The molecule has 1 aromatic heterocycles. The van der Waals surface area contributed by atoms with Gasteiger partial charge in [0, 0.05) is 23.6 Å². The molecular weight excluding hydrogens is 238 g/mol. The van der Waals surface area contributed by atoms with Crippen LogP contribution in [0.3, 0.4) is 0 Å². The van der Waals surface area contributed by atoms with Gasteiger partial charge in [-0.25, -0.2) is 0 Å². The van der Waals surface area contributed by atoms with Crippen molar-refractivity contribution in [2.75, 3.05) is 13.2 Å². The van der Waals surface area contributed by atoms with Gasteiger partial charge in [0.15, 0.2) is 0 Å². The van der Waals surface area contributed by atoms with Crippen molar-refractivity contribution >= 4 is 11.0 Å². The molecule has 1 saturated heterocycles. The van der Waals surface area contributed by atoms with Crippen molar-refractivity contribution in [1.29, 1.82) is 0 Å². The van der Waals surface area contributed by atoms with Crippen LogP contribution in [0, 0.1) is 0 Å². The molecule has 1 fully saturated rings. The Morgan fingerprint density at radius 1 is 1.32 bits per heavy atom. The van der Waals surface area contributed by atoms with E-state index in [-0.39, 0.29) is 6.10 Å². The Kier molecular flexibility index (Phi) is 3.85. The molecule has 0 bridgehead atoms. The molecule has 0 saturated carbocycles. The van der Waals surface area contributed by atoms with E-state index in [4.69, 9.17) is 9.15 Å². The number of benzene rings is 1. The molecular formula is C16H21NO2. The van der Waals surface area contributed by atoms with Crippen LogP contribution in [0.15, 0.2) is 34.9 Å². The molecule has 19 heavy (non-hydrogen) atoms. The van der Waals surface area contributed by atoms with Crippen molar-refractivity contribution in [3.63, 3.8) is 0 Å². The Morgan fingerprint density at radius 3 is 3.11 bits per heavy atom. The molecule has 0 spiro atoms. The van der Waals surface area contributed by atoms with Crippen LogP contribution in [0.1, 0.15) is 37.9 Å². The third-order valence-corrected chi connectivity index (χ3v) is 3.82. The number of para-hydroxylation sites is 1. The fourth-order valence-corrected chi connectivity index (χ4v) is 2.80. The van der Waals surface area contributed by atoms with Gasteiger partial charge in [0.05, 0.1) is 12.4 Å². The Hall–Kier alpha value is -1.32. The van der Waals surface area contributed by atoms with Crippen LogP contribution in [-0.2, 0) is 4.74 Å². The predicted octanol–water partition coefficient (Wildman–Crippen LogP) is 3.65. The highest BCUT2D eigenvalue weighted by Gasteiger charge is 2.25. The fourth-order valence-electron chi connectivity index (χ4n) is 2.80. The average molecular weight is 259 g/mol. The van der Waals surface area contributed by atoms with E-state index in [0.717, 1.165) is 31.6 Å². The highest BCUT2D eigenvalue weighted by atomic mass is 16.5. The van der Waals surface area contributed by atoms with Crippen LogP contribution in [0.2, 0.25) is 0 Å². The number of fused-ring (bicyclic) bond motifs is 1. The lowest BCUT2D eigenvalue weighted by atomic mass is 9.97. The van der Waals surface area contributed by atoms with Gasteiger partial charge in [-0.15, -0.1) is 0 Å². The largest absolute Gasteiger partial charge is 0.464 e. The summed E-state index contributed by atoms with van der Waals surface area (Å²) in [6, 6.07) is 8.74. The average Bonchev–Trinajstić information content (AvgIpc) is 2.89. The van der Waals surface area contributed by atoms with Crippen molar-refractivity contribution in [3.8, 4) is 0 Å². The lowest BCUT2D eigenvalue weighted by Gasteiger charge is -2.30. The number of hydrogen-bond acceptors (Lipinski definition) is 3. The standard InChI is InChI=1S/C16H21NO2/c1-2-8-17-12-7-9-18-16(10-12)14-11-19-15-6-4-3-5-13(14)15/h3-6,11-12,16-17H,2,7-10H2,1H3. The first-order chi connectivity index (χ1) is 9.38. The maximum atomic E-state index is 5.94. The van der Waals surface area contributed by atoms with Crippen LogP contribution in [0.25, 0.3) is 11.0 Å². The number of nitrogens with one attached hydrogen (secondary N) is 1. The second-order valence-corrected chi connectivity index (χ2v) is 5.22. The van der Waals surface area contributed by atoms with Crippen molar-refractivity contribution < 1.29 is 9.15 Å². The second kappa shape index (κ2) is 5.76. The molecule has 2 heterocycles. The fraction of sp³-hybridized carbons (Fsp3) is 0.500. The van der Waals surface area contributed by atoms with Gasteiger partial charge in [0.1, 0.15) is 5.58 Å². The first kappa shape index (κ1) is 12.7. The smallest absolute Gasteiger partial charge is 0.134 e. The Balaban J connectivity index is 1.77. The maximum absolute atomic E-state index is 5.94. The van der Waals surface area contributed by atoms with E-state index in [1.165, 1.54) is 17.4 Å². The zero-order chi connectivity index (χ0) is 13.1. The third kappa shape index (κ3) is 2.67. The Bertz CT molecular complexity index is 534. The van der Waals surface area contributed by atoms with Gasteiger partial charge in [-0.05, 0) is 31.9 Å². The third-order valence-electron chi connectivity index (χ3n) is 3.82. The van der Waals surface area contributed by atoms with Crippen LogP contribution in [0.4, 0.5) is 0 Å². The molecule has 1 aromatic carbocycles. The van der Waals surface area contributed by atoms with Crippen LogP contribution in [-0.4, -0.2) is 19.2 Å². The van der Waals surface area contributed by atoms with Crippen molar-refractivity contribution in [1.82, 2.24) is 5.32 Å². The van der Waals surface area contributed by atoms with Crippen LogP contribution >= 0.6 is 0 Å². The Labute approximate surface area is 113 Å². The molecule has 3 rings (SSSR count). The molecule has 1 aliphatic heterocycles. The molecule has 3 heteroatoms. The Morgan fingerprint density at radius 2 is 2.21 bits per heavy atom. The summed E-state index contributed by atoms with van der Waals surface area (Å²) in [5.74, 6) is 0. The summed E-state index contributed by atoms with van der Waals surface area (Å²) in [6.45, 7) is 4.11. The maximum Gasteiger partial charge on any atom is 0.134 e. The van der Waals surface area contributed by atoms with Crippen molar-refractivity contribution in [3.05, 3.63) is 36.1 Å². The van der Waals surface area contributed by atoms with E-state index in [0.29, 0.717) is 6.04 Å². The molecule has 0 amide bonds. The van der Waals surface area contributed by atoms with Gasteiger partial charge in [0.2, 0.25) is 0 Å². The van der Waals surface area contributed by atoms with Gasteiger partial charge in [0.25, 0.3) is 0 Å². The second-order valence-electron chi connectivity index (χ2n) is 5.22. The van der Waals surface area contributed by atoms with Gasteiger partial charge < -0.3 is 14.5 Å². The molecule has 0 radical (unpaired) electrons. The quantitative estimate of drug-likeness (QED) is 0.910. The summed E-state index contributed by atoms with van der Waals surface area (Å²) in [5, 5.41) is 4.78. The van der Waals surface area contributed by atoms with Gasteiger partial charge in [-0.1, -0.05) is 25.1 Å². The van der Waals surface area contributed by atoms with Crippen molar-refractivity contribution in [2.24, 2.45) is 0 Å². The van der Waals surface area contributed by atoms with E-state index in [1.807, 2.05) is 18.4 Å². The van der Waals surface area contributed by atoms with Crippen LogP contribution < -0.4 is 5.32 Å². The molecule has 3 nitrogen and oxygen atoms in total. The lowest BCUT2D eigenvalue weighted by molar-refractivity contribution is 0.000781. The first-order valence-electron chi connectivity index (χ1n) is 7.19. The zero-order valence-electron chi connectivity index (χ0n) is 11.4. The monoisotopic (exact) mass is 259 g/mol. The molecule has 2 aromatic rings. The van der Waals surface area contributed by atoms with E-state index in [1.54, 1.807) is 0 Å². The van der Waals surface area contributed by atoms with E-state index >= 15 is 0 Å². The summed E-state index contributed by atoms with van der Waals surface area (Å²) in [6.07, 6.45) is 5.33. The van der Waals surface area contributed by atoms with Gasteiger partial charge in [-0.2, -0.15) is 0 Å². The summed E-state index contributed by atoms with van der Waals surface area (Å²) in [4.78, 5) is 0. The van der Waals surface area contributed by atoms with E-state index < -0.39 is 0 Å². The van der Waals surface area contributed by atoms with E-state index in [9.17, 15) is 0 Å². The summed E-state index contributed by atoms with van der Waals surface area (Å²) >= 11 is 0. The number of furan rings is 1. The highest BCUT2D eigenvalue weighted by Crippen LogP contribution is 2.34. The number of rotatable bonds is 4. The minimum Gasteiger partial charge on any atom is -0.464 e. The van der Waals surface area contributed by atoms with Gasteiger partial charge in [-0.3, -0.25) is 0 Å². The molecule has 2 unspecified atom stereocenters. The SMILES string of the molecule is CCCNC1CCOC(c2coc3ccccc23)C1. The van der Waals surface area contributed by atoms with E-state index in [2.05, 4.69) is 24.4 Å².